The van der Waals surface area contributed by atoms with Crippen LogP contribution >= 0.6 is 0 Å². The summed E-state index contributed by atoms with van der Waals surface area (Å²) in [6.07, 6.45) is -0.255. The van der Waals surface area contributed by atoms with Crippen LogP contribution in [-0.4, -0.2) is 32.0 Å². The van der Waals surface area contributed by atoms with E-state index in [0.29, 0.717) is 16.7 Å². The van der Waals surface area contributed by atoms with Crippen molar-refractivity contribution in [2.45, 2.75) is 11.2 Å². The lowest BCUT2D eigenvalue weighted by Gasteiger charge is -2.09. The molecule has 6 heteroatoms. The van der Waals surface area contributed by atoms with Crippen molar-refractivity contribution in [3.8, 4) is 0 Å². The number of hydrogen-bond acceptors (Lipinski definition) is 5. The van der Waals surface area contributed by atoms with Crippen LogP contribution in [-0.2, 0) is 19.4 Å². The highest BCUT2D eigenvalue weighted by atomic mass is 32.2. The highest BCUT2D eigenvalue weighted by Crippen LogP contribution is 2.36. The lowest BCUT2D eigenvalue weighted by Crippen LogP contribution is -2.09. The Morgan fingerprint density at radius 3 is 2.13 bits per heavy atom. The van der Waals surface area contributed by atoms with Crippen LogP contribution in [0.5, 0.6) is 0 Å². The van der Waals surface area contributed by atoms with Gasteiger partial charge in [0.2, 0.25) is 6.29 Å². The zero-order valence-corrected chi connectivity index (χ0v) is 13.1. The molecule has 0 aromatic heterocycles. The topological polar surface area (TPSA) is 80.7 Å². The number of ether oxygens (including phenoxy) is 1. The zero-order valence-electron chi connectivity index (χ0n) is 12.3. The first-order valence-electron chi connectivity index (χ1n) is 6.87. The molecular formula is C17H14O5S. The third-order valence-electron chi connectivity index (χ3n) is 3.60. The molecule has 1 aliphatic heterocycles. The SMILES string of the molecule is CS(=O)(=O)c1ccc(C2=C(c3ccccc3)C(=O)OC2O)cc1. The summed E-state index contributed by atoms with van der Waals surface area (Å²) in [7, 11) is -3.31. The van der Waals surface area contributed by atoms with Gasteiger partial charge in [0.15, 0.2) is 9.84 Å². The van der Waals surface area contributed by atoms with Crippen molar-refractivity contribution < 1.29 is 23.1 Å². The Hall–Kier alpha value is -2.44. The van der Waals surface area contributed by atoms with Crippen molar-refractivity contribution in [3.05, 3.63) is 65.7 Å². The molecule has 5 nitrogen and oxygen atoms in total. The van der Waals surface area contributed by atoms with Gasteiger partial charge in [-0.1, -0.05) is 42.5 Å². The van der Waals surface area contributed by atoms with Gasteiger partial charge in [-0.05, 0) is 23.3 Å². The van der Waals surface area contributed by atoms with Gasteiger partial charge < -0.3 is 9.84 Å². The quantitative estimate of drug-likeness (QED) is 0.869. The fraction of sp³-hybridized carbons (Fsp3) is 0.118. The van der Waals surface area contributed by atoms with Crippen molar-refractivity contribution >= 4 is 27.0 Å². The van der Waals surface area contributed by atoms with E-state index < -0.39 is 22.1 Å². The highest BCUT2D eigenvalue weighted by Gasteiger charge is 2.34. The van der Waals surface area contributed by atoms with Crippen LogP contribution < -0.4 is 0 Å². The van der Waals surface area contributed by atoms with E-state index in [4.69, 9.17) is 4.74 Å². The van der Waals surface area contributed by atoms with Crippen LogP contribution in [0.2, 0.25) is 0 Å². The van der Waals surface area contributed by atoms with E-state index >= 15 is 0 Å². The summed E-state index contributed by atoms with van der Waals surface area (Å²) in [4.78, 5) is 12.2. The lowest BCUT2D eigenvalue weighted by atomic mass is 9.96. The Labute approximate surface area is 133 Å². The summed E-state index contributed by atoms with van der Waals surface area (Å²) in [5.74, 6) is -0.606. The van der Waals surface area contributed by atoms with Crippen molar-refractivity contribution in [2.24, 2.45) is 0 Å². The van der Waals surface area contributed by atoms with Gasteiger partial charge in [-0.15, -0.1) is 0 Å². The Balaban J connectivity index is 2.15. The van der Waals surface area contributed by atoms with E-state index in [0.717, 1.165) is 6.26 Å². The third-order valence-corrected chi connectivity index (χ3v) is 4.72. The number of rotatable bonds is 3. The zero-order chi connectivity index (χ0) is 16.6. The Morgan fingerprint density at radius 1 is 0.957 bits per heavy atom. The molecule has 3 rings (SSSR count). The van der Waals surface area contributed by atoms with Gasteiger partial charge in [-0.25, -0.2) is 13.2 Å². The van der Waals surface area contributed by atoms with Gasteiger partial charge in [0, 0.05) is 11.8 Å². The Kier molecular flexibility index (Phi) is 3.79. The second-order valence-electron chi connectivity index (χ2n) is 5.21. The van der Waals surface area contributed by atoms with E-state index in [1.807, 2.05) is 6.07 Å². The molecule has 0 aliphatic carbocycles. The van der Waals surface area contributed by atoms with Crippen LogP contribution in [0, 0.1) is 0 Å². The molecule has 0 bridgehead atoms. The number of carbonyl (C=O) groups excluding carboxylic acids is 1. The molecule has 1 atom stereocenters. The molecule has 0 amide bonds. The smallest absolute Gasteiger partial charge is 0.341 e. The minimum absolute atomic E-state index is 0.169. The molecular weight excluding hydrogens is 316 g/mol. The molecule has 1 N–H and O–H groups in total. The van der Waals surface area contributed by atoms with Crippen LogP contribution in [0.1, 0.15) is 11.1 Å². The highest BCUT2D eigenvalue weighted by molar-refractivity contribution is 7.90. The van der Waals surface area contributed by atoms with Crippen molar-refractivity contribution in [1.29, 1.82) is 0 Å². The van der Waals surface area contributed by atoms with Crippen LogP contribution in [0.15, 0.2) is 59.5 Å². The number of esters is 1. The van der Waals surface area contributed by atoms with E-state index in [9.17, 15) is 18.3 Å². The standard InChI is InChI=1S/C17H14O5S/c1-23(20,21)13-9-7-12(8-10-13)15-14(16(18)22-17(15)19)11-5-3-2-4-6-11/h2-10,17,19H,1H3. The van der Waals surface area contributed by atoms with E-state index in [1.165, 1.54) is 12.1 Å². The number of benzene rings is 2. The fourth-order valence-corrected chi connectivity index (χ4v) is 3.13. The first-order chi connectivity index (χ1) is 10.9. The summed E-state index contributed by atoms with van der Waals surface area (Å²) >= 11 is 0. The second-order valence-corrected chi connectivity index (χ2v) is 7.22. The Morgan fingerprint density at radius 2 is 1.57 bits per heavy atom. The lowest BCUT2D eigenvalue weighted by molar-refractivity contribution is -0.148. The maximum absolute atomic E-state index is 12.1. The summed E-state index contributed by atoms with van der Waals surface area (Å²) in [5.41, 5.74) is 1.79. The van der Waals surface area contributed by atoms with E-state index in [-0.39, 0.29) is 10.5 Å². The first kappa shape index (κ1) is 15.5. The second kappa shape index (κ2) is 5.64. The number of aliphatic hydroxyl groups is 1. The van der Waals surface area contributed by atoms with Crippen LogP contribution in [0.25, 0.3) is 11.1 Å². The largest absolute Gasteiger partial charge is 0.428 e. The summed E-state index contributed by atoms with van der Waals surface area (Å²) < 4.78 is 28.0. The van der Waals surface area contributed by atoms with Crippen molar-refractivity contribution in [2.75, 3.05) is 6.26 Å². The van der Waals surface area contributed by atoms with E-state index in [1.54, 1.807) is 36.4 Å². The van der Waals surface area contributed by atoms with Gasteiger partial charge in [0.25, 0.3) is 0 Å². The molecule has 0 fully saturated rings. The molecule has 0 spiro atoms. The van der Waals surface area contributed by atoms with Gasteiger partial charge in [0.1, 0.15) is 0 Å². The predicted octanol–water partition coefficient (Wildman–Crippen LogP) is 1.88. The number of hydrogen-bond donors (Lipinski definition) is 1. The molecule has 118 valence electrons. The predicted molar refractivity (Wildman–Crippen MR) is 84.9 cm³/mol. The van der Waals surface area contributed by atoms with Gasteiger partial charge in [-0.3, -0.25) is 0 Å². The molecule has 1 aliphatic rings. The number of sulfone groups is 1. The number of cyclic esters (lactones) is 1. The molecule has 0 saturated heterocycles. The normalized spacial score (nSPS) is 18.2. The minimum atomic E-state index is -3.31. The number of carbonyl (C=O) groups is 1. The van der Waals surface area contributed by atoms with Crippen molar-refractivity contribution in [1.82, 2.24) is 0 Å². The molecule has 0 radical (unpaired) electrons. The van der Waals surface area contributed by atoms with Gasteiger partial charge in [-0.2, -0.15) is 0 Å². The average molecular weight is 330 g/mol. The first-order valence-corrected chi connectivity index (χ1v) is 8.76. The van der Waals surface area contributed by atoms with Crippen LogP contribution in [0.4, 0.5) is 0 Å². The third kappa shape index (κ3) is 2.91. The van der Waals surface area contributed by atoms with Crippen LogP contribution in [0.3, 0.4) is 0 Å². The van der Waals surface area contributed by atoms with Gasteiger partial charge in [0.05, 0.1) is 10.5 Å². The minimum Gasteiger partial charge on any atom is -0.428 e. The average Bonchev–Trinajstić information content (AvgIpc) is 2.82. The molecule has 0 saturated carbocycles. The summed E-state index contributed by atoms with van der Waals surface area (Å²) in [6, 6.07) is 14.9. The monoisotopic (exact) mass is 330 g/mol. The molecule has 2 aromatic carbocycles. The molecule has 2 aromatic rings. The van der Waals surface area contributed by atoms with Crippen molar-refractivity contribution in [3.63, 3.8) is 0 Å². The number of aliphatic hydroxyl groups excluding tert-OH is 1. The molecule has 1 heterocycles. The Bertz CT molecular complexity index is 880. The fourth-order valence-electron chi connectivity index (χ4n) is 2.50. The van der Waals surface area contributed by atoms with Gasteiger partial charge >= 0.3 is 5.97 Å². The molecule has 1 unspecified atom stereocenters. The maximum Gasteiger partial charge on any atom is 0.341 e. The maximum atomic E-state index is 12.1. The molecule has 23 heavy (non-hydrogen) atoms. The summed E-state index contributed by atoms with van der Waals surface area (Å²) in [6.45, 7) is 0. The van der Waals surface area contributed by atoms with E-state index in [2.05, 4.69) is 0 Å². The summed E-state index contributed by atoms with van der Waals surface area (Å²) in [5, 5.41) is 10.1.